The van der Waals surface area contributed by atoms with Crippen molar-refractivity contribution in [3.8, 4) is 0 Å². The Morgan fingerprint density at radius 2 is 2.31 bits per heavy atom. The molecule has 1 aliphatic rings. The maximum absolute atomic E-state index is 11.5. The molecule has 1 saturated heterocycles. The van der Waals surface area contributed by atoms with Gasteiger partial charge in [0.25, 0.3) is 0 Å². The highest BCUT2D eigenvalue weighted by atomic mass is 35.5. The molecule has 1 heterocycles. The number of hydrogen-bond acceptors (Lipinski definition) is 1. The first-order chi connectivity index (χ1) is 6.29. The van der Waals surface area contributed by atoms with Gasteiger partial charge in [-0.15, -0.1) is 11.6 Å². The lowest BCUT2D eigenvalue weighted by atomic mass is 10.00. The van der Waals surface area contributed by atoms with E-state index in [9.17, 15) is 4.79 Å². The summed E-state index contributed by atoms with van der Waals surface area (Å²) in [6.45, 7) is 2.86. The van der Waals surface area contributed by atoms with Gasteiger partial charge in [-0.1, -0.05) is 6.92 Å². The van der Waals surface area contributed by atoms with E-state index in [2.05, 4.69) is 0 Å². The molecule has 1 unspecified atom stereocenters. The van der Waals surface area contributed by atoms with Crippen LogP contribution in [0.1, 0.15) is 39.0 Å². The molecule has 0 aromatic heterocycles. The number of amides is 1. The molecule has 0 aromatic rings. The summed E-state index contributed by atoms with van der Waals surface area (Å²) in [4.78, 5) is 13.6. The Morgan fingerprint density at radius 3 is 2.92 bits per heavy atom. The molecule has 2 nitrogen and oxygen atoms in total. The second-order valence-electron chi connectivity index (χ2n) is 3.57. The predicted octanol–water partition coefficient (Wildman–Crippen LogP) is 2.41. The average Bonchev–Trinajstić information content (AvgIpc) is 2.18. The van der Waals surface area contributed by atoms with Gasteiger partial charge in [0.1, 0.15) is 0 Å². The van der Waals surface area contributed by atoms with Gasteiger partial charge >= 0.3 is 0 Å². The molecule has 0 spiro atoms. The molecule has 1 rings (SSSR count). The van der Waals surface area contributed by atoms with Gasteiger partial charge in [-0.2, -0.15) is 0 Å². The van der Waals surface area contributed by atoms with Gasteiger partial charge in [-0.05, 0) is 25.7 Å². The monoisotopic (exact) mass is 203 g/mol. The fourth-order valence-electron chi connectivity index (χ4n) is 1.96. The first-order valence-electron chi connectivity index (χ1n) is 5.15. The third kappa shape index (κ3) is 2.87. The molecule has 1 aliphatic heterocycles. The quantitative estimate of drug-likeness (QED) is 0.646. The zero-order chi connectivity index (χ0) is 9.68. The molecule has 0 N–H and O–H groups in total. The highest BCUT2D eigenvalue weighted by molar-refractivity contribution is 6.17. The lowest BCUT2D eigenvalue weighted by Gasteiger charge is -2.35. The van der Waals surface area contributed by atoms with E-state index in [1.54, 1.807) is 0 Å². The summed E-state index contributed by atoms with van der Waals surface area (Å²) < 4.78 is 0. The van der Waals surface area contributed by atoms with Crippen LogP contribution >= 0.6 is 11.6 Å². The molecule has 13 heavy (non-hydrogen) atoms. The fraction of sp³-hybridized carbons (Fsp3) is 0.900. The average molecular weight is 204 g/mol. The summed E-state index contributed by atoms with van der Waals surface area (Å²) in [5, 5.41) is 0. The van der Waals surface area contributed by atoms with Crippen LogP contribution in [0.25, 0.3) is 0 Å². The van der Waals surface area contributed by atoms with Gasteiger partial charge in [0, 0.05) is 24.9 Å². The van der Waals surface area contributed by atoms with Gasteiger partial charge in [-0.3, -0.25) is 4.79 Å². The smallest absolute Gasteiger partial charge is 0.222 e. The van der Waals surface area contributed by atoms with Crippen LogP contribution in [-0.2, 0) is 4.79 Å². The largest absolute Gasteiger partial charge is 0.340 e. The molecule has 3 heteroatoms. The highest BCUT2D eigenvalue weighted by Crippen LogP contribution is 2.20. The third-order valence-corrected chi connectivity index (χ3v) is 2.91. The Hall–Kier alpha value is -0.240. The third-order valence-electron chi connectivity index (χ3n) is 2.69. The Balaban J connectivity index is 2.50. The number of halogens is 1. The van der Waals surface area contributed by atoms with Crippen molar-refractivity contribution in [1.82, 2.24) is 4.90 Å². The lowest BCUT2D eigenvalue weighted by Crippen LogP contribution is -2.43. The van der Waals surface area contributed by atoms with Crippen molar-refractivity contribution in [3.05, 3.63) is 0 Å². The number of likely N-dealkylation sites (tertiary alicyclic amines) is 1. The van der Waals surface area contributed by atoms with E-state index in [-0.39, 0.29) is 5.91 Å². The minimum Gasteiger partial charge on any atom is -0.340 e. The zero-order valence-electron chi connectivity index (χ0n) is 8.26. The van der Waals surface area contributed by atoms with E-state index < -0.39 is 0 Å². The van der Waals surface area contributed by atoms with Crippen molar-refractivity contribution >= 4 is 17.5 Å². The minimum absolute atomic E-state index is 0.287. The number of alkyl halides is 1. The van der Waals surface area contributed by atoms with Crippen LogP contribution in [0.5, 0.6) is 0 Å². The van der Waals surface area contributed by atoms with E-state index in [4.69, 9.17) is 11.6 Å². The first kappa shape index (κ1) is 10.8. The van der Waals surface area contributed by atoms with Gasteiger partial charge in [0.2, 0.25) is 5.91 Å². The van der Waals surface area contributed by atoms with Crippen LogP contribution < -0.4 is 0 Å². The molecule has 0 bridgehead atoms. The number of rotatable bonds is 3. The number of hydrogen-bond donors (Lipinski definition) is 0. The molecule has 0 aliphatic carbocycles. The molecule has 1 fully saturated rings. The van der Waals surface area contributed by atoms with Crippen LogP contribution in [0, 0.1) is 0 Å². The summed E-state index contributed by atoms with van der Waals surface area (Å²) in [5.74, 6) is 0.952. The summed E-state index contributed by atoms with van der Waals surface area (Å²) >= 11 is 5.71. The van der Waals surface area contributed by atoms with E-state index >= 15 is 0 Å². The van der Waals surface area contributed by atoms with Crippen LogP contribution in [0.15, 0.2) is 0 Å². The van der Waals surface area contributed by atoms with Gasteiger partial charge in [0.15, 0.2) is 0 Å². The molecular weight excluding hydrogens is 186 g/mol. The van der Waals surface area contributed by atoms with Gasteiger partial charge < -0.3 is 4.90 Å². The summed E-state index contributed by atoms with van der Waals surface area (Å²) in [7, 11) is 0. The van der Waals surface area contributed by atoms with Crippen molar-refractivity contribution in [2.75, 3.05) is 12.4 Å². The van der Waals surface area contributed by atoms with E-state index in [0.717, 1.165) is 25.8 Å². The van der Waals surface area contributed by atoms with Crippen molar-refractivity contribution in [2.45, 2.75) is 45.1 Å². The normalized spacial score (nSPS) is 23.2. The SMILES string of the molecule is CCC(=O)N1CCCCC1CCCl. The van der Waals surface area contributed by atoms with Crippen LogP contribution in [0.2, 0.25) is 0 Å². The van der Waals surface area contributed by atoms with Crippen LogP contribution in [0.4, 0.5) is 0 Å². The Labute approximate surface area is 85.2 Å². The number of nitrogens with zero attached hydrogens (tertiary/aromatic N) is 1. The highest BCUT2D eigenvalue weighted by Gasteiger charge is 2.24. The summed E-state index contributed by atoms with van der Waals surface area (Å²) in [6.07, 6.45) is 5.12. The second-order valence-corrected chi connectivity index (χ2v) is 3.95. The molecular formula is C10H18ClNO. The van der Waals surface area contributed by atoms with Crippen LogP contribution in [-0.4, -0.2) is 29.3 Å². The number of carbonyl (C=O) groups excluding carboxylic acids is 1. The molecule has 0 saturated carbocycles. The van der Waals surface area contributed by atoms with Gasteiger partial charge in [-0.25, -0.2) is 0 Å². The lowest BCUT2D eigenvalue weighted by molar-refractivity contribution is -0.134. The van der Waals surface area contributed by atoms with E-state index in [1.807, 2.05) is 11.8 Å². The summed E-state index contributed by atoms with van der Waals surface area (Å²) in [6, 6.07) is 0.415. The van der Waals surface area contributed by atoms with Crippen molar-refractivity contribution in [1.29, 1.82) is 0 Å². The molecule has 0 aromatic carbocycles. The zero-order valence-corrected chi connectivity index (χ0v) is 9.02. The summed E-state index contributed by atoms with van der Waals surface area (Å²) in [5.41, 5.74) is 0. The number of piperidine rings is 1. The predicted molar refractivity (Wildman–Crippen MR) is 55.0 cm³/mol. The molecule has 0 radical (unpaired) electrons. The first-order valence-corrected chi connectivity index (χ1v) is 5.68. The van der Waals surface area contributed by atoms with Crippen molar-refractivity contribution < 1.29 is 4.79 Å². The molecule has 1 atom stereocenters. The molecule has 1 amide bonds. The fourth-order valence-corrected chi connectivity index (χ4v) is 2.21. The maximum Gasteiger partial charge on any atom is 0.222 e. The van der Waals surface area contributed by atoms with E-state index in [1.165, 1.54) is 6.42 Å². The van der Waals surface area contributed by atoms with Crippen molar-refractivity contribution in [3.63, 3.8) is 0 Å². The topological polar surface area (TPSA) is 20.3 Å². The minimum atomic E-state index is 0.287. The Bertz CT molecular complexity index is 170. The molecule has 76 valence electrons. The standard InChI is InChI=1S/C10H18ClNO/c1-2-10(13)12-8-4-3-5-9(12)6-7-11/h9H,2-8H2,1H3. The van der Waals surface area contributed by atoms with Gasteiger partial charge in [0.05, 0.1) is 0 Å². The number of carbonyl (C=O) groups is 1. The Kier molecular flexibility index (Phi) is 4.57. The van der Waals surface area contributed by atoms with E-state index in [0.29, 0.717) is 18.3 Å². The van der Waals surface area contributed by atoms with Crippen LogP contribution in [0.3, 0.4) is 0 Å². The van der Waals surface area contributed by atoms with Crippen molar-refractivity contribution in [2.24, 2.45) is 0 Å². The maximum atomic E-state index is 11.5. The second kappa shape index (κ2) is 5.48. The Morgan fingerprint density at radius 1 is 1.54 bits per heavy atom.